The van der Waals surface area contributed by atoms with Crippen molar-refractivity contribution in [3.05, 3.63) is 12.4 Å². The topological polar surface area (TPSA) is 64.1 Å². The standard InChI is InChI=1S/C12H19N3O2S/c1-9(2)17-12-7-11(13-8-14-12)15-10-3-5-18(16)6-4-10/h7-10H,3-6H2,1-2H3,(H,13,14,15). The van der Waals surface area contributed by atoms with E-state index in [1.807, 2.05) is 19.9 Å². The van der Waals surface area contributed by atoms with Crippen molar-refractivity contribution in [1.82, 2.24) is 9.97 Å². The Morgan fingerprint density at radius 1 is 1.39 bits per heavy atom. The molecule has 0 aromatic carbocycles. The van der Waals surface area contributed by atoms with Crippen LogP contribution in [-0.2, 0) is 10.8 Å². The van der Waals surface area contributed by atoms with Crippen LogP contribution in [0.3, 0.4) is 0 Å². The van der Waals surface area contributed by atoms with Crippen molar-refractivity contribution in [3.63, 3.8) is 0 Å². The molecule has 0 aliphatic carbocycles. The summed E-state index contributed by atoms with van der Waals surface area (Å²) in [4.78, 5) is 8.24. The Hall–Kier alpha value is -1.17. The highest BCUT2D eigenvalue weighted by Crippen LogP contribution is 2.17. The summed E-state index contributed by atoms with van der Waals surface area (Å²) in [5.41, 5.74) is 0. The zero-order valence-electron chi connectivity index (χ0n) is 10.8. The molecule has 18 heavy (non-hydrogen) atoms. The summed E-state index contributed by atoms with van der Waals surface area (Å²) in [6.45, 7) is 3.93. The first-order valence-electron chi connectivity index (χ1n) is 6.23. The Morgan fingerprint density at radius 2 is 2.11 bits per heavy atom. The van der Waals surface area contributed by atoms with Gasteiger partial charge in [-0.05, 0) is 26.7 Å². The Morgan fingerprint density at radius 3 is 2.78 bits per heavy atom. The van der Waals surface area contributed by atoms with Gasteiger partial charge in [0.1, 0.15) is 12.1 Å². The van der Waals surface area contributed by atoms with Gasteiger partial charge in [0, 0.05) is 34.4 Å². The number of aromatic nitrogens is 2. The zero-order chi connectivity index (χ0) is 13.0. The molecule has 1 aliphatic rings. The summed E-state index contributed by atoms with van der Waals surface area (Å²) >= 11 is 0. The van der Waals surface area contributed by atoms with E-state index in [-0.39, 0.29) is 6.10 Å². The second-order valence-electron chi connectivity index (χ2n) is 4.67. The lowest BCUT2D eigenvalue weighted by molar-refractivity contribution is 0.232. The molecule has 0 spiro atoms. The van der Waals surface area contributed by atoms with Gasteiger partial charge in [0.25, 0.3) is 0 Å². The summed E-state index contributed by atoms with van der Waals surface area (Å²) in [5.74, 6) is 2.91. The summed E-state index contributed by atoms with van der Waals surface area (Å²) in [6.07, 6.45) is 3.46. The fourth-order valence-electron chi connectivity index (χ4n) is 1.87. The largest absolute Gasteiger partial charge is 0.475 e. The second-order valence-corrected chi connectivity index (χ2v) is 6.37. The van der Waals surface area contributed by atoms with E-state index >= 15 is 0 Å². The molecule has 1 aliphatic heterocycles. The highest BCUT2D eigenvalue weighted by molar-refractivity contribution is 7.85. The third kappa shape index (κ3) is 3.94. The van der Waals surface area contributed by atoms with Crippen LogP contribution in [-0.4, -0.2) is 37.8 Å². The van der Waals surface area contributed by atoms with Gasteiger partial charge < -0.3 is 10.1 Å². The predicted octanol–water partition coefficient (Wildman–Crippen LogP) is 1.59. The summed E-state index contributed by atoms with van der Waals surface area (Å²) < 4.78 is 16.8. The van der Waals surface area contributed by atoms with Crippen LogP contribution in [0.5, 0.6) is 5.88 Å². The molecule has 0 atom stereocenters. The summed E-state index contributed by atoms with van der Waals surface area (Å²) in [6, 6.07) is 2.16. The van der Waals surface area contributed by atoms with Crippen molar-refractivity contribution in [1.29, 1.82) is 0 Å². The number of hydrogen-bond donors (Lipinski definition) is 1. The number of nitrogens with zero attached hydrogens (tertiary/aromatic N) is 2. The molecule has 2 rings (SSSR count). The van der Waals surface area contributed by atoms with Gasteiger partial charge in [-0.25, -0.2) is 9.97 Å². The molecule has 0 unspecified atom stereocenters. The predicted molar refractivity (Wildman–Crippen MR) is 72.3 cm³/mol. The number of hydrogen-bond acceptors (Lipinski definition) is 5. The molecule has 1 N–H and O–H groups in total. The average Bonchev–Trinajstić information content (AvgIpc) is 2.32. The molecular formula is C12H19N3O2S. The van der Waals surface area contributed by atoms with E-state index in [2.05, 4.69) is 15.3 Å². The van der Waals surface area contributed by atoms with Gasteiger partial charge in [0.15, 0.2) is 0 Å². The molecule has 2 heterocycles. The lowest BCUT2D eigenvalue weighted by Crippen LogP contribution is -2.29. The molecular weight excluding hydrogens is 250 g/mol. The smallest absolute Gasteiger partial charge is 0.218 e. The fourth-order valence-corrected chi connectivity index (χ4v) is 3.17. The van der Waals surface area contributed by atoms with Crippen LogP contribution >= 0.6 is 0 Å². The lowest BCUT2D eigenvalue weighted by Gasteiger charge is -2.23. The van der Waals surface area contributed by atoms with Crippen molar-refractivity contribution in [2.75, 3.05) is 16.8 Å². The molecule has 1 fully saturated rings. The highest BCUT2D eigenvalue weighted by atomic mass is 32.2. The third-order valence-electron chi connectivity index (χ3n) is 2.74. The lowest BCUT2D eigenvalue weighted by atomic mass is 10.1. The minimum Gasteiger partial charge on any atom is -0.475 e. The molecule has 100 valence electrons. The SMILES string of the molecule is CC(C)Oc1cc(NC2CCS(=O)CC2)ncn1. The minimum absolute atomic E-state index is 0.102. The van der Waals surface area contributed by atoms with Gasteiger partial charge in [-0.1, -0.05) is 0 Å². The van der Waals surface area contributed by atoms with Crippen LogP contribution in [0, 0.1) is 0 Å². The summed E-state index contributed by atoms with van der Waals surface area (Å²) in [7, 11) is -0.629. The van der Waals surface area contributed by atoms with Crippen LogP contribution in [0.2, 0.25) is 0 Å². The van der Waals surface area contributed by atoms with Gasteiger partial charge in [-0.3, -0.25) is 4.21 Å². The Balaban J connectivity index is 1.94. The second kappa shape index (κ2) is 6.13. The molecule has 5 nitrogen and oxygen atoms in total. The van der Waals surface area contributed by atoms with Gasteiger partial charge in [-0.2, -0.15) is 0 Å². The molecule has 1 saturated heterocycles. The number of ether oxygens (including phenoxy) is 1. The van der Waals surface area contributed by atoms with Gasteiger partial charge in [-0.15, -0.1) is 0 Å². The first kappa shape index (κ1) is 13.3. The normalized spacial score (nSPS) is 23.9. The van der Waals surface area contributed by atoms with E-state index in [0.29, 0.717) is 11.9 Å². The number of anilines is 1. The van der Waals surface area contributed by atoms with Crippen molar-refractivity contribution in [3.8, 4) is 5.88 Å². The zero-order valence-corrected chi connectivity index (χ0v) is 11.6. The molecule has 0 amide bonds. The number of rotatable bonds is 4. The van der Waals surface area contributed by atoms with Crippen molar-refractivity contribution in [2.24, 2.45) is 0 Å². The van der Waals surface area contributed by atoms with E-state index in [1.165, 1.54) is 6.33 Å². The Bertz CT molecular complexity index is 416. The van der Waals surface area contributed by atoms with Crippen LogP contribution in [0.25, 0.3) is 0 Å². The van der Waals surface area contributed by atoms with Gasteiger partial charge in [0.2, 0.25) is 5.88 Å². The van der Waals surface area contributed by atoms with Crippen LogP contribution in [0.1, 0.15) is 26.7 Å². The molecule has 1 aromatic heterocycles. The van der Waals surface area contributed by atoms with Gasteiger partial charge in [0.05, 0.1) is 6.10 Å². The van der Waals surface area contributed by atoms with E-state index in [9.17, 15) is 4.21 Å². The Kier molecular flexibility index (Phi) is 4.52. The average molecular weight is 269 g/mol. The maximum atomic E-state index is 11.3. The van der Waals surface area contributed by atoms with Gasteiger partial charge >= 0.3 is 0 Å². The minimum atomic E-state index is -0.629. The molecule has 0 saturated carbocycles. The highest BCUT2D eigenvalue weighted by Gasteiger charge is 2.18. The maximum absolute atomic E-state index is 11.3. The Labute approximate surface area is 110 Å². The first-order valence-corrected chi connectivity index (χ1v) is 7.72. The van der Waals surface area contributed by atoms with E-state index < -0.39 is 10.8 Å². The van der Waals surface area contributed by atoms with E-state index in [1.54, 1.807) is 0 Å². The first-order chi connectivity index (χ1) is 8.63. The summed E-state index contributed by atoms with van der Waals surface area (Å²) in [5, 5.41) is 3.35. The maximum Gasteiger partial charge on any atom is 0.218 e. The van der Waals surface area contributed by atoms with Crippen LogP contribution < -0.4 is 10.1 Å². The quantitative estimate of drug-likeness (QED) is 0.899. The van der Waals surface area contributed by atoms with Crippen molar-refractivity contribution >= 4 is 16.6 Å². The van der Waals surface area contributed by atoms with Crippen LogP contribution in [0.4, 0.5) is 5.82 Å². The molecule has 6 heteroatoms. The van der Waals surface area contributed by atoms with Crippen molar-refractivity contribution in [2.45, 2.75) is 38.8 Å². The third-order valence-corrected chi connectivity index (χ3v) is 4.12. The molecule has 0 radical (unpaired) electrons. The van der Waals surface area contributed by atoms with Crippen molar-refractivity contribution < 1.29 is 8.95 Å². The van der Waals surface area contributed by atoms with E-state index in [0.717, 1.165) is 30.2 Å². The number of nitrogens with one attached hydrogen (secondary N) is 1. The monoisotopic (exact) mass is 269 g/mol. The molecule has 1 aromatic rings. The van der Waals surface area contributed by atoms with E-state index in [4.69, 9.17) is 4.74 Å². The fraction of sp³-hybridized carbons (Fsp3) is 0.667. The molecule has 0 bridgehead atoms. The van der Waals surface area contributed by atoms with Crippen LogP contribution in [0.15, 0.2) is 12.4 Å².